The van der Waals surface area contributed by atoms with Crippen LogP contribution in [-0.2, 0) is 6.42 Å². The fourth-order valence-corrected chi connectivity index (χ4v) is 2.51. The van der Waals surface area contributed by atoms with E-state index in [1.54, 1.807) is 0 Å². The van der Waals surface area contributed by atoms with Crippen molar-refractivity contribution in [1.29, 1.82) is 0 Å². The lowest BCUT2D eigenvalue weighted by Crippen LogP contribution is -2.17. The fourth-order valence-electron chi connectivity index (χ4n) is 1.97. The van der Waals surface area contributed by atoms with E-state index in [-0.39, 0.29) is 0 Å². The van der Waals surface area contributed by atoms with E-state index < -0.39 is 0 Å². The van der Waals surface area contributed by atoms with Crippen LogP contribution in [0.1, 0.15) is 39.2 Å². The highest BCUT2D eigenvalue weighted by Crippen LogP contribution is 2.30. The van der Waals surface area contributed by atoms with Crippen molar-refractivity contribution in [2.24, 2.45) is 11.1 Å². The summed E-state index contributed by atoms with van der Waals surface area (Å²) in [7, 11) is 0. The number of aryl methyl sites for hydroxylation is 1. The number of benzene rings is 1. The maximum absolute atomic E-state index is 5.64. The monoisotopic (exact) mass is 313 g/mol. The Kier molecular flexibility index (Phi) is 6.16. The second-order valence-corrected chi connectivity index (χ2v) is 6.26. The first-order chi connectivity index (χ1) is 8.48. The summed E-state index contributed by atoms with van der Waals surface area (Å²) in [5.74, 6) is 0.919. The van der Waals surface area contributed by atoms with Gasteiger partial charge in [-0.05, 0) is 71.8 Å². The molecule has 0 aliphatic rings. The molecule has 2 nitrogen and oxygen atoms in total. The Hall–Kier alpha value is -0.540. The van der Waals surface area contributed by atoms with Gasteiger partial charge in [0.1, 0.15) is 5.75 Å². The minimum absolute atomic E-state index is 0.319. The Balaban J connectivity index is 2.61. The zero-order valence-corrected chi connectivity index (χ0v) is 13.2. The summed E-state index contributed by atoms with van der Waals surface area (Å²) in [6.45, 7) is 8.02. The molecule has 0 radical (unpaired) electrons. The molecular weight excluding hydrogens is 290 g/mol. The SMILES string of the molecule is CCOc1ccc(CCC(C)(C)CCN)cc1Br. The number of hydrogen-bond donors (Lipinski definition) is 1. The molecule has 0 heterocycles. The molecule has 0 fully saturated rings. The Labute approximate surface area is 119 Å². The highest BCUT2D eigenvalue weighted by atomic mass is 79.9. The molecule has 1 aromatic rings. The lowest BCUT2D eigenvalue weighted by atomic mass is 9.83. The highest BCUT2D eigenvalue weighted by molar-refractivity contribution is 9.10. The lowest BCUT2D eigenvalue weighted by Gasteiger charge is -2.23. The highest BCUT2D eigenvalue weighted by Gasteiger charge is 2.16. The van der Waals surface area contributed by atoms with Gasteiger partial charge in [-0.25, -0.2) is 0 Å². The first kappa shape index (κ1) is 15.5. The molecule has 2 N–H and O–H groups in total. The van der Waals surface area contributed by atoms with Crippen LogP contribution in [0.5, 0.6) is 5.75 Å². The average Bonchev–Trinajstić information content (AvgIpc) is 2.30. The molecule has 0 unspecified atom stereocenters. The number of nitrogens with two attached hydrogens (primary N) is 1. The maximum atomic E-state index is 5.64. The van der Waals surface area contributed by atoms with E-state index in [0.717, 1.165) is 36.0 Å². The van der Waals surface area contributed by atoms with E-state index in [4.69, 9.17) is 10.5 Å². The number of hydrogen-bond acceptors (Lipinski definition) is 2. The van der Waals surface area contributed by atoms with Gasteiger partial charge < -0.3 is 10.5 Å². The Morgan fingerprint density at radius 3 is 2.56 bits per heavy atom. The van der Waals surface area contributed by atoms with Crippen molar-refractivity contribution in [2.45, 2.75) is 40.0 Å². The predicted octanol–water partition coefficient (Wildman–Crippen LogP) is 4.16. The van der Waals surface area contributed by atoms with Gasteiger partial charge in [-0.2, -0.15) is 0 Å². The number of halogens is 1. The summed E-state index contributed by atoms with van der Waals surface area (Å²) < 4.78 is 6.55. The zero-order chi connectivity index (χ0) is 13.6. The third-order valence-electron chi connectivity index (χ3n) is 3.21. The molecule has 0 atom stereocenters. The Morgan fingerprint density at radius 2 is 2.00 bits per heavy atom. The maximum Gasteiger partial charge on any atom is 0.133 e. The van der Waals surface area contributed by atoms with Gasteiger partial charge in [0.2, 0.25) is 0 Å². The molecule has 1 rings (SSSR count). The zero-order valence-electron chi connectivity index (χ0n) is 11.6. The van der Waals surface area contributed by atoms with Gasteiger partial charge in [-0.3, -0.25) is 0 Å². The van der Waals surface area contributed by atoms with E-state index in [1.807, 2.05) is 13.0 Å². The topological polar surface area (TPSA) is 35.2 Å². The van der Waals surface area contributed by atoms with Crippen molar-refractivity contribution < 1.29 is 4.74 Å². The van der Waals surface area contributed by atoms with Gasteiger partial charge in [0, 0.05) is 0 Å². The van der Waals surface area contributed by atoms with Gasteiger partial charge >= 0.3 is 0 Å². The van der Waals surface area contributed by atoms with Gasteiger partial charge in [0.15, 0.2) is 0 Å². The number of rotatable bonds is 7. The summed E-state index contributed by atoms with van der Waals surface area (Å²) in [5.41, 5.74) is 7.30. The molecule has 0 spiro atoms. The van der Waals surface area contributed by atoms with Crippen LogP contribution in [0.25, 0.3) is 0 Å². The minimum atomic E-state index is 0.319. The molecule has 3 heteroatoms. The third kappa shape index (κ3) is 4.99. The summed E-state index contributed by atoms with van der Waals surface area (Å²) in [4.78, 5) is 0. The van der Waals surface area contributed by atoms with Gasteiger partial charge in [-0.1, -0.05) is 19.9 Å². The van der Waals surface area contributed by atoms with Crippen LogP contribution in [0.4, 0.5) is 0 Å². The normalized spacial score (nSPS) is 11.6. The second-order valence-electron chi connectivity index (χ2n) is 5.40. The smallest absolute Gasteiger partial charge is 0.133 e. The van der Waals surface area contributed by atoms with Crippen molar-refractivity contribution in [2.75, 3.05) is 13.2 Å². The minimum Gasteiger partial charge on any atom is -0.493 e. The van der Waals surface area contributed by atoms with Crippen LogP contribution in [0.3, 0.4) is 0 Å². The molecule has 0 bridgehead atoms. The number of ether oxygens (including phenoxy) is 1. The van der Waals surface area contributed by atoms with Crippen LogP contribution in [0.15, 0.2) is 22.7 Å². The summed E-state index contributed by atoms with van der Waals surface area (Å²) in [6.07, 6.45) is 3.31. The van der Waals surface area contributed by atoms with Crippen LogP contribution < -0.4 is 10.5 Å². The molecule has 0 saturated carbocycles. The molecular formula is C15H24BrNO. The van der Waals surface area contributed by atoms with Crippen LogP contribution >= 0.6 is 15.9 Å². The molecule has 1 aromatic carbocycles. The van der Waals surface area contributed by atoms with Gasteiger partial charge in [0.05, 0.1) is 11.1 Å². The molecule has 0 aliphatic carbocycles. The van der Waals surface area contributed by atoms with E-state index in [2.05, 4.69) is 41.9 Å². The van der Waals surface area contributed by atoms with E-state index in [1.165, 1.54) is 5.56 Å². The van der Waals surface area contributed by atoms with Gasteiger partial charge in [-0.15, -0.1) is 0 Å². The van der Waals surface area contributed by atoms with Crippen LogP contribution in [0.2, 0.25) is 0 Å². The average molecular weight is 314 g/mol. The van der Waals surface area contributed by atoms with Crippen molar-refractivity contribution >= 4 is 15.9 Å². The quantitative estimate of drug-likeness (QED) is 0.820. The molecule has 18 heavy (non-hydrogen) atoms. The van der Waals surface area contributed by atoms with Crippen molar-refractivity contribution in [3.63, 3.8) is 0 Å². The van der Waals surface area contributed by atoms with E-state index in [0.29, 0.717) is 12.0 Å². The summed E-state index contributed by atoms with van der Waals surface area (Å²) in [6, 6.07) is 6.34. The molecule has 0 aliphatic heterocycles. The van der Waals surface area contributed by atoms with Crippen molar-refractivity contribution in [3.05, 3.63) is 28.2 Å². The summed E-state index contributed by atoms with van der Waals surface area (Å²) >= 11 is 3.55. The van der Waals surface area contributed by atoms with Crippen molar-refractivity contribution in [3.8, 4) is 5.75 Å². The lowest BCUT2D eigenvalue weighted by molar-refractivity contribution is 0.313. The first-order valence-corrected chi connectivity index (χ1v) is 7.39. The fraction of sp³-hybridized carbons (Fsp3) is 0.600. The molecule has 0 saturated heterocycles. The standard InChI is InChI=1S/C15H24BrNO/c1-4-18-14-6-5-12(11-13(14)16)7-8-15(2,3)9-10-17/h5-6,11H,4,7-10,17H2,1-3H3. The second kappa shape index (κ2) is 7.15. The molecule has 0 amide bonds. The summed E-state index contributed by atoms with van der Waals surface area (Å²) in [5, 5.41) is 0. The largest absolute Gasteiger partial charge is 0.493 e. The van der Waals surface area contributed by atoms with Crippen molar-refractivity contribution in [1.82, 2.24) is 0 Å². The Morgan fingerprint density at radius 1 is 1.28 bits per heavy atom. The molecule has 0 aromatic heterocycles. The predicted molar refractivity (Wildman–Crippen MR) is 81.1 cm³/mol. The third-order valence-corrected chi connectivity index (χ3v) is 3.83. The van der Waals surface area contributed by atoms with Gasteiger partial charge in [0.25, 0.3) is 0 Å². The Bertz CT molecular complexity index is 377. The van der Waals surface area contributed by atoms with Crippen LogP contribution in [0, 0.1) is 5.41 Å². The first-order valence-electron chi connectivity index (χ1n) is 6.60. The van der Waals surface area contributed by atoms with Crippen LogP contribution in [-0.4, -0.2) is 13.2 Å². The van der Waals surface area contributed by atoms with E-state index >= 15 is 0 Å². The molecule has 102 valence electrons. The van der Waals surface area contributed by atoms with E-state index in [9.17, 15) is 0 Å².